The van der Waals surface area contributed by atoms with Crippen LogP contribution in [0.25, 0.3) is 0 Å². The Morgan fingerprint density at radius 2 is 1.11 bits per heavy atom. The summed E-state index contributed by atoms with van der Waals surface area (Å²) >= 11 is 0. The third kappa shape index (κ3) is 8.20. The third-order valence-electron chi connectivity index (χ3n) is 1.69. The maximum absolute atomic E-state index is 11.0. The summed E-state index contributed by atoms with van der Waals surface area (Å²) < 4.78 is 8.67. The molecular formula is C12H16O6. The van der Waals surface area contributed by atoms with Crippen LogP contribution in [0.2, 0.25) is 0 Å². The summed E-state index contributed by atoms with van der Waals surface area (Å²) in [5.74, 6) is -3.26. The summed E-state index contributed by atoms with van der Waals surface area (Å²) in [5, 5.41) is 0. The monoisotopic (exact) mass is 256 g/mol. The Bertz CT molecular complexity index is 322. The van der Waals surface area contributed by atoms with Crippen LogP contribution in [0, 0.1) is 0 Å². The van der Waals surface area contributed by atoms with E-state index in [1.807, 2.05) is 0 Å². The molecule has 0 rings (SSSR count). The van der Waals surface area contributed by atoms with Crippen LogP contribution < -0.4 is 0 Å². The fourth-order valence-corrected chi connectivity index (χ4v) is 0.939. The van der Waals surface area contributed by atoms with Crippen LogP contribution in [-0.4, -0.2) is 23.9 Å². The number of carbonyl (C=O) groups excluding carboxylic acids is 4. The average molecular weight is 256 g/mol. The molecule has 0 aliphatic heterocycles. The second-order valence-corrected chi connectivity index (χ2v) is 3.42. The molecule has 0 fully saturated rings. The lowest BCUT2D eigenvalue weighted by Crippen LogP contribution is -2.12. The molecule has 6 nitrogen and oxygen atoms in total. The van der Waals surface area contributed by atoms with E-state index in [-0.39, 0.29) is 12.8 Å². The van der Waals surface area contributed by atoms with E-state index in [9.17, 15) is 19.2 Å². The maximum atomic E-state index is 11.0. The van der Waals surface area contributed by atoms with Gasteiger partial charge in [0.05, 0.1) is 0 Å². The van der Waals surface area contributed by atoms with Crippen LogP contribution in [-0.2, 0) is 28.7 Å². The van der Waals surface area contributed by atoms with Gasteiger partial charge in [0.15, 0.2) is 0 Å². The van der Waals surface area contributed by atoms with Crippen molar-refractivity contribution in [3.8, 4) is 0 Å². The van der Waals surface area contributed by atoms with Gasteiger partial charge >= 0.3 is 23.9 Å². The van der Waals surface area contributed by atoms with E-state index < -0.39 is 23.9 Å². The van der Waals surface area contributed by atoms with Crippen LogP contribution in [0.15, 0.2) is 12.2 Å². The Kier molecular flexibility index (Phi) is 8.09. The first-order valence-corrected chi connectivity index (χ1v) is 5.66. The van der Waals surface area contributed by atoms with Crippen molar-refractivity contribution < 1.29 is 28.7 Å². The van der Waals surface area contributed by atoms with Crippen molar-refractivity contribution >= 4 is 23.9 Å². The first-order chi connectivity index (χ1) is 8.49. The summed E-state index contributed by atoms with van der Waals surface area (Å²) in [6.45, 7) is 3.52. The van der Waals surface area contributed by atoms with Crippen molar-refractivity contribution in [3.63, 3.8) is 0 Å². The second kappa shape index (κ2) is 9.09. The van der Waals surface area contributed by atoms with Crippen molar-refractivity contribution in [2.45, 2.75) is 39.5 Å². The van der Waals surface area contributed by atoms with Gasteiger partial charge in [-0.1, -0.05) is 13.8 Å². The van der Waals surface area contributed by atoms with Crippen LogP contribution in [0.5, 0.6) is 0 Å². The molecule has 0 saturated heterocycles. The van der Waals surface area contributed by atoms with Gasteiger partial charge in [0, 0.05) is 25.0 Å². The molecule has 0 saturated carbocycles. The minimum atomic E-state index is -0.964. The van der Waals surface area contributed by atoms with Crippen molar-refractivity contribution in [2.75, 3.05) is 0 Å². The molecule has 0 aliphatic rings. The zero-order valence-electron chi connectivity index (χ0n) is 10.4. The molecule has 100 valence electrons. The Morgan fingerprint density at radius 1 is 0.778 bits per heavy atom. The third-order valence-corrected chi connectivity index (χ3v) is 1.69. The molecule has 0 spiro atoms. The van der Waals surface area contributed by atoms with Gasteiger partial charge in [-0.15, -0.1) is 0 Å². The molecule has 18 heavy (non-hydrogen) atoms. The zero-order chi connectivity index (χ0) is 14.0. The van der Waals surface area contributed by atoms with E-state index in [1.54, 1.807) is 13.8 Å². The van der Waals surface area contributed by atoms with Crippen molar-refractivity contribution in [1.82, 2.24) is 0 Å². The van der Waals surface area contributed by atoms with Gasteiger partial charge in [-0.2, -0.15) is 0 Å². The molecule has 0 radical (unpaired) electrons. The van der Waals surface area contributed by atoms with Crippen molar-refractivity contribution in [2.24, 2.45) is 0 Å². The highest BCUT2D eigenvalue weighted by Crippen LogP contribution is 1.95. The van der Waals surface area contributed by atoms with Crippen LogP contribution in [0.4, 0.5) is 0 Å². The smallest absolute Gasteiger partial charge is 0.338 e. The topological polar surface area (TPSA) is 86.7 Å². The Labute approximate surface area is 105 Å². The molecule has 0 aromatic rings. The molecular weight excluding hydrogens is 240 g/mol. The molecule has 0 unspecified atom stereocenters. The van der Waals surface area contributed by atoms with Gasteiger partial charge in [-0.05, 0) is 12.8 Å². The van der Waals surface area contributed by atoms with Gasteiger partial charge < -0.3 is 9.47 Å². The van der Waals surface area contributed by atoms with Crippen LogP contribution in [0.1, 0.15) is 39.5 Å². The Morgan fingerprint density at radius 3 is 1.39 bits per heavy atom. The molecule has 0 aromatic heterocycles. The first-order valence-electron chi connectivity index (χ1n) is 5.66. The molecule has 0 heterocycles. The first kappa shape index (κ1) is 16.0. The van der Waals surface area contributed by atoms with E-state index in [4.69, 9.17) is 0 Å². The van der Waals surface area contributed by atoms with Gasteiger partial charge in [0.25, 0.3) is 0 Å². The number of hydrogen-bond donors (Lipinski definition) is 0. The van der Waals surface area contributed by atoms with Crippen molar-refractivity contribution in [3.05, 3.63) is 12.2 Å². The van der Waals surface area contributed by atoms with Gasteiger partial charge in [0.2, 0.25) is 0 Å². The molecule has 0 aromatic carbocycles. The van der Waals surface area contributed by atoms with E-state index in [2.05, 4.69) is 9.47 Å². The lowest BCUT2D eigenvalue weighted by molar-refractivity contribution is -0.159. The van der Waals surface area contributed by atoms with E-state index >= 15 is 0 Å². The SMILES string of the molecule is CCCC(=O)OC(=O)/C=C/C(=O)OC(=O)CCC. The molecule has 6 heteroatoms. The maximum Gasteiger partial charge on any atom is 0.338 e. The molecule has 0 aliphatic carbocycles. The summed E-state index contributed by atoms with van der Waals surface area (Å²) in [6.07, 6.45) is 2.86. The summed E-state index contributed by atoms with van der Waals surface area (Å²) in [6, 6.07) is 0. The number of hydrogen-bond acceptors (Lipinski definition) is 6. The number of carbonyl (C=O) groups is 4. The van der Waals surface area contributed by atoms with Gasteiger partial charge in [-0.25, -0.2) is 9.59 Å². The van der Waals surface area contributed by atoms with E-state index in [1.165, 1.54) is 0 Å². The lowest BCUT2D eigenvalue weighted by Gasteiger charge is -1.98. The fourth-order valence-electron chi connectivity index (χ4n) is 0.939. The highest BCUT2D eigenvalue weighted by atomic mass is 16.6. The molecule has 0 bridgehead atoms. The largest absolute Gasteiger partial charge is 0.390 e. The van der Waals surface area contributed by atoms with Crippen LogP contribution >= 0.6 is 0 Å². The molecule has 0 amide bonds. The fraction of sp³-hybridized carbons (Fsp3) is 0.500. The molecule has 0 atom stereocenters. The van der Waals surface area contributed by atoms with Gasteiger partial charge in [0.1, 0.15) is 0 Å². The minimum absolute atomic E-state index is 0.124. The van der Waals surface area contributed by atoms with Gasteiger partial charge in [-0.3, -0.25) is 9.59 Å². The average Bonchev–Trinajstić information content (AvgIpc) is 2.27. The summed E-state index contributed by atoms with van der Waals surface area (Å²) in [5.41, 5.74) is 0. The normalized spacial score (nSPS) is 10.1. The number of esters is 4. The second-order valence-electron chi connectivity index (χ2n) is 3.42. The summed E-state index contributed by atoms with van der Waals surface area (Å²) in [4.78, 5) is 43.9. The highest BCUT2D eigenvalue weighted by molar-refractivity contribution is 5.98. The Hall–Kier alpha value is -1.98. The van der Waals surface area contributed by atoms with E-state index in [0.717, 1.165) is 12.2 Å². The zero-order valence-corrected chi connectivity index (χ0v) is 10.4. The number of ether oxygens (including phenoxy) is 2. The predicted octanol–water partition coefficient (Wildman–Crippen LogP) is 1.28. The quantitative estimate of drug-likeness (QED) is 0.404. The minimum Gasteiger partial charge on any atom is -0.390 e. The number of rotatable bonds is 6. The molecule has 0 N–H and O–H groups in total. The van der Waals surface area contributed by atoms with Crippen LogP contribution in [0.3, 0.4) is 0 Å². The highest BCUT2D eigenvalue weighted by Gasteiger charge is 2.09. The van der Waals surface area contributed by atoms with E-state index in [0.29, 0.717) is 12.8 Å². The summed E-state index contributed by atoms with van der Waals surface area (Å²) in [7, 11) is 0. The predicted molar refractivity (Wildman–Crippen MR) is 61.2 cm³/mol. The van der Waals surface area contributed by atoms with Crippen molar-refractivity contribution in [1.29, 1.82) is 0 Å². The standard InChI is InChI=1S/C12H16O6/c1-3-5-9(13)17-11(15)7-8-12(16)18-10(14)6-4-2/h7-8H,3-6H2,1-2H3/b8-7+. The Balaban J connectivity index is 4.06. The lowest BCUT2D eigenvalue weighted by atomic mass is 10.3.